The third-order valence-corrected chi connectivity index (χ3v) is 3.59. The summed E-state index contributed by atoms with van der Waals surface area (Å²) in [5, 5.41) is 2.70. The molecule has 2 rings (SSSR count). The van der Waals surface area contributed by atoms with E-state index in [1.54, 1.807) is 12.1 Å². The monoisotopic (exact) mass is 341 g/mol. The highest BCUT2D eigenvalue weighted by atomic mass is 16.5. The molecule has 1 N–H and O–H groups in total. The normalized spacial score (nSPS) is 10.2. The van der Waals surface area contributed by atoms with E-state index in [1.807, 2.05) is 43.3 Å². The molecular weight excluding hydrogens is 318 g/mol. The summed E-state index contributed by atoms with van der Waals surface area (Å²) in [5.41, 5.74) is 2.69. The molecule has 2 aromatic carbocycles. The molecule has 5 heteroatoms. The summed E-state index contributed by atoms with van der Waals surface area (Å²) in [5.74, 6) is -0.0435. The zero-order chi connectivity index (χ0) is 18.1. The summed E-state index contributed by atoms with van der Waals surface area (Å²) >= 11 is 0. The first kappa shape index (κ1) is 18.5. The lowest BCUT2D eigenvalue weighted by Crippen LogP contribution is -2.21. The number of carbonyl (C=O) groups excluding carboxylic acids is 2. The van der Waals surface area contributed by atoms with Gasteiger partial charge in [0.2, 0.25) is 0 Å². The predicted octanol–water partition coefficient (Wildman–Crippen LogP) is 3.37. The Hall–Kier alpha value is -2.82. The van der Waals surface area contributed by atoms with Gasteiger partial charge in [0.05, 0.1) is 13.0 Å². The number of benzene rings is 2. The SMILES string of the molecule is CCOc1ccc(CC(=O)OCC(=O)Nc2ccc(CC)cc2)cc1. The van der Waals surface area contributed by atoms with Crippen molar-refractivity contribution in [3.05, 3.63) is 59.7 Å². The minimum atomic E-state index is -0.444. The van der Waals surface area contributed by atoms with E-state index in [-0.39, 0.29) is 18.9 Å². The van der Waals surface area contributed by atoms with Gasteiger partial charge in [-0.2, -0.15) is 0 Å². The summed E-state index contributed by atoms with van der Waals surface area (Å²) < 4.78 is 10.4. The van der Waals surface area contributed by atoms with E-state index in [2.05, 4.69) is 12.2 Å². The minimum Gasteiger partial charge on any atom is -0.494 e. The van der Waals surface area contributed by atoms with Crippen molar-refractivity contribution >= 4 is 17.6 Å². The summed E-state index contributed by atoms with van der Waals surface area (Å²) in [6.07, 6.45) is 1.06. The van der Waals surface area contributed by atoms with Gasteiger partial charge in [-0.1, -0.05) is 31.2 Å². The van der Waals surface area contributed by atoms with Gasteiger partial charge in [0.15, 0.2) is 6.61 Å². The molecule has 2 aromatic rings. The highest BCUT2D eigenvalue weighted by molar-refractivity contribution is 5.92. The van der Waals surface area contributed by atoms with Gasteiger partial charge in [-0.15, -0.1) is 0 Å². The summed E-state index contributed by atoms with van der Waals surface area (Å²) in [7, 11) is 0. The Morgan fingerprint density at radius 3 is 2.16 bits per heavy atom. The summed E-state index contributed by atoms with van der Waals surface area (Å²) in [6, 6.07) is 14.8. The maximum atomic E-state index is 11.8. The van der Waals surface area contributed by atoms with Crippen molar-refractivity contribution in [3.63, 3.8) is 0 Å². The molecule has 0 bridgehead atoms. The van der Waals surface area contributed by atoms with E-state index in [4.69, 9.17) is 9.47 Å². The van der Waals surface area contributed by atoms with Gasteiger partial charge in [-0.05, 0) is 48.7 Å². The maximum Gasteiger partial charge on any atom is 0.310 e. The van der Waals surface area contributed by atoms with Crippen molar-refractivity contribution in [3.8, 4) is 5.75 Å². The molecule has 0 fully saturated rings. The average molecular weight is 341 g/mol. The van der Waals surface area contributed by atoms with Gasteiger partial charge in [0.1, 0.15) is 5.75 Å². The molecule has 0 saturated heterocycles. The number of ether oxygens (including phenoxy) is 2. The van der Waals surface area contributed by atoms with Gasteiger partial charge in [-0.25, -0.2) is 0 Å². The lowest BCUT2D eigenvalue weighted by molar-refractivity contribution is -0.146. The van der Waals surface area contributed by atoms with Crippen LogP contribution in [0.2, 0.25) is 0 Å². The Balaban J connectivity index is 1.75. The Morgan fingerprint density at radius 2 is 1.56 bits per heavy atom. The second kappa shape index (κ2) is 9.47. The van der Waals surface area contributed by atoms with Crippen molar-refractivity contribution < 1.29 is 19.1 Å². The van der Waals surface area contributed by atoms with Crippen LogP contribution < -0.4 is 10.1 Å². The highest BCUT2D eigenvalue weighted by Crippen LogP contribution is 2.13. The molecule has 0 saturated carbocycles. The van der Waals surface area contributed by atoms with Crippen LogP contribution in [0.3, 0.4) is 0 Å². The van der Waals surface area contributed by atoms with Crippen molar-refractivity contribution in [2.45, 2.75) is 26.7 Å². The smallest absolute Gasteiger partial charge is 0.310 e. The van der Waals surface area contributed by atoms with E-state index >= 15 is 0 Å². The molecule has 0 spiro atoms. The van der Waals surface area contributed by atoms with Crippen LogP contribution in [0.25, 0.3) is 0 Å². The number of nitrogens with one attached hydrogen (secondary N) is 1. The van der Waals surface area contributed by atoms with Crippen LogP contribution >= 0.6 is 0 Å². The zero-order valence-corrected chi connectivity index (χ0v) is 14.6. The topological polar surface area (TPSA) is 64.6 Å². The van der Waals surface area contributed by atoms with E-state index in [0.717, 1.165) is 17.7 Å². The van der Waals surface area contributed by atoms with Gasteiger partial charge >= 0.3 is 5.97 Å². The van der Waals surface area contributed by atoms with Crippen LogP contribution in [0.1, 0.15) is 25.0 Å². The molecule has 25 heavy (non-hydrogen) atoms. The van der Waals surface area contributed by atoms with Crippen LogP contribution in [-0.4, -0.2) is 25.1 Å². The molecule has 0 heterocycles. The number of amides is 1. The van der Waals surface area contributed by atoms with Gasteiger partial charge in [-0.3, -0.25) is 9.59 Å². The molecule has 1 amide bonds. The molecule has 0 aliphatic heterocycles. The van der Waals surface area contributed by atoms with E-state index in [0.29, 0.717) is 12.3 Å². The Bertz CT molecular complexity index is 693. The highest BCUT2D eigenvalue weighted by Gasteiger charge is 2.09. The number of anilines is 1. The number of aryl methyl sites for hydroxylation is 1. The lowest BCUT2D eigenvalue weighted by atomic mass is 10.1. The van der Waals surface area contributed by atoms with Crippen molar-refractivity contribution in [1.82, 2.24) is 0 Å². The Morgan fingerprint density at radius 1 is 0.920 bits per heavy atom. The number of rotatable bonds is 8. The second-order valence-corrected chi connectivity index (χ2v) is 5.51. The van der Waals surface area contributed by atoms with Crippen LogP contribution in [0.5, 0.6) is 5.75 Å². The number of hydrogen-bond donors (Lipinski definition) is 1. The largest absolute Gasteiger partial charge is 0.494 e. The quantitative estimate of drug-likeness (QED) is 0.748. The fourth-order valence-corrected chi connectivity index (χ4v) is 2.25. The zero-order valence-electron chi connectivity index (χ0n) is 14.6. The number of carbonyl (C=O) groups is 2. The van der Waals surface area contributed by atoms with Gasteiger partial charge < -0.3 is 14.8 Å². The first-order valence-corrected chi connectivity index (χ1v) is 8.37. The molecular formula is C20H23NO4. The van der Waals surface area contributed by atoms with Crippen molar-refractivity contribution in [1.29, 1.82) is 0 Å². The molecule has 0 unspecified atom stereocenters. The third-order valence-electron chi connectivity index (χ3n) is 3.59. The van der Waals surface area contributed by atoms with Crippen LogP contribution in [0.15, 0.2) is 48.5 Å². The summed E-state index contributed by atoms with van der Waals surface area (Å²) in [4.78, 5) is 23.7. The first-order valence-electron chi connectivity index (χ1n) is 8.37. The number of hydrogen-bond acceptors (Lipinski definition) is 4. The maximum absolute atomic E-state index is 11.8. The lowest BCUT2D eigenvalue weighted by Gasteiger charge is -2.08. The number of esters is 1. The van der Waals surface area contributed by atoms with Crippen LogP contribution in [0.4, 0.5) is 5.69 Å². The molecule has 5 nitrogen and oxygen atoms in total. The second-order valence-electron chi connectivity index (χ2n) is 5.51. The fraction of sp³-hybridized carbons (Fsp3) is 0.300. The van der Waals surface area contributed by atoms with Gasteiger partial charge in [0.25, 0.3) is 5.91 Å². The minimum absolute atomic E-state index is 0.116. The van der Waals surface area contributed by atoms with E-state index in [1.165, 1.54) is 5.56 Å². The Labute approximate surface area is 148 Å². The molecule has 132 valence electrons. The van der Waals surface area contributed by atoms with Crippen molar-refractivity contribution in [2.75, 3.05) is 18.5 Å². The molecule has 0 aliphatic carbocycles. The van der Waals surface area contributed by atoms with Gasteiger partial charge in [0, 0.05) is 5.69 Å². The van der Waals surface area contributed by atoms with Crippen molar-refractivity contribution in [2.24, 2.45) is 0 Å². The molecule has 0 atom stereocenters. The Kier molecular flexibility index (Phi) is 7.01. The van der Waals surface area contributed by atoms with E-state index < -0.39 is 5.97 Å². The van der Waals surface area contributed by atoms with Crippen LogP contribution in [0, 0.1) is 0 Å². The molecule has 0 radical (unpaired) electrons. The van der Waals surface area contributed by atoms with E-state index in [9.17, 15) is 9.59 Å². The fourth-order valence-electron chi connectivity index (χ4n) is 2.25. The average Bonchev–Trinajstić information content (AvgIpc) is 2.62. The predicted molar refractivity (Wildman–Crippen MR) is 96.7 cm³/mol. The molecule has 0 aromatic heterocycles. The molecule has 0 aliphatic rings. The third kappa shape index (κ3) is 6.30. The summed E-state index contributed by atoms with van der Waals surface area (Å²) in [6.45, 7) is 4.27. The standard InChI is InChI=1S/C20H23NO4/c1-3-15-5-9-17(10-6-15)21-19(22)14-25-20(23)13-16-7-11-18(12-8-16)24-4-2/h5-12H,3-4,13-14H2,1-2H3,(H,21,22). The first-order chi connectivity index (χ1) is 12.1. The van der Waals surface area contributed by atoms with Crippen LogP contribution in [-0.2, 0) is 27.2 Å².